The number of hydrogen-bond donors (Lipinski definition) is 2. The first-order valence-electron chi connectivity index (χ1n) is 10.1. The summed E-state index contributed by atoms with van der Waals surface area (Å²) < 4.78 is 15.8. The topological polar surface area (TPSA) is 133 Å². The Labute approximate surface area is 187 Å². The molecule has 0 amide bonds. The molecule has 10 heteroatoms. The molecule has 0 aliphatic rings. The second-order valence-corrected chi connectivity index (χ2v) is 7.17. The molecule has 0 saturated carbocycles. The highest BCUT2D eigenvalue weighted by atomic mass is 19.1. The molecule has 4 N–H and O–H groups in total. The molecule has 3 aromatic heterocycles. The number of nitrogens with two attached hydrogens (primary N) is 2. The lowest BCUT2D eigenvalue weighted by Gasteiger charge is -2.05. The average Bonchev–Trinajstić information content (AvgIpc) is 3.19. The summed E-state index contributed by atoms with van der Waals surface area (Å²) in [4.78, 5) is 13.4. The molecule has 5 aromatic rings. The van der Waals surface area contributed by atoms with Crippen LogP contribution in [0.3, 0.4) is 0 Å². The van der Waals surface area contributed by atoms with Crippen molar-refractivity contribution in [2.45, 2.75) is 6.42 Å². The van der Waals surface area contributed by atoms with Gasteiger partial charge in [-0.1, -0.05) is 36.4 Å². The summed E-state index contributed by atoms with van der Waals surface area (Å²) in [5.74, 6) is 0.564. The van der Waals surface area contributed by atoms with Crippen LogP contribution in [0.5, 0.6) is 0 Å². The number of nitrogen functional groups attached to an aromatic ring is 2. The molecule has 0 fully saturated rings. The molecule has 0 spiro atoms. The standard InChI is InChI=1S/C23H18FN9/c24-16-10-5-4-7-14(16)13-18-28-19(17-11-6-12-27-33(17)18)23-29-21(25)20(22(26)30-23)32-31-15-8-2-1-3-9-15/h1-12H,13H2,(H4,25,26,29,30). The molecule has 0 saturated heterocycles. The van der Waals surface area contributed by atoms with E-state index in [9.17, 15) is 4.39 Å². The number of anilines is 2. The smallest absolute Gasteiger partial charge is 0.184 e. The van der Waals surface area contributed by atoms with Crippen LogP contribution >= 0.6 is 0 Å². The predicted molar refractivity (Wildman–Crippen MR) is 123 cm³/mol. The van der Waals surface area contributed by atoms with Gasteiger partial charge in [-0.15, -0.1) is 5.11 Å². The van der Waals surface area contributed by atoms with Crippen molar-refractivity contribution < 1.29 is 4.39 Å². The molecule has 0 aliphatic carbocycles. The van der Waals surface area contributed by atoms with Crippen molar-refractivity contribution in [2.24, 2.45) is 10.2 Å². The van der Waals surface area contributed by atoms with E-state index in [4.69, 9.17) is 11.5 Å². The van der Waals surface area contributed by atoms with Crippen molar-refractivity contribution in [1.82, 2.24) is 24.6 Å². The molecule has 2 aromatic carbocycles. The molecule has 3 heterocycles. The van der Waals surface area contributed by atoms with E-state index in [-0.39, 0.29) is 35.4 Å². The van der Waals surface area contributed by atoms with Gasteiger partial charge < -0.3 is 11.5 Å². The third kappa shape index (κ3) is 3.97. The van der Waals surface area contributed by atoms with Gasteiger partial charge in [0, 0.05) is 12.6 Å². The molecule has 0 atom stereocenters. The van der Waals surface area contributed by atoms with Crippen LogP contribution in [0.1, 0.15) is 11.4 Å². The van der Waals surface area contributed by atoms with E-state index in [0.717, 1.165) is 0 Å². The van der Waals surface area contributed by atoms with Gasteiger partial charge in [-0.25, -0.2) is 23.9 Å². The first kappa shape index (κ1) is 20.2. The highest BCUT2D eigenvalue weighted by Gasteiger charge is 2.19. The number of halogens is 1. The molecule has 0 aliphatic heterocycles. The van der Waals surface area contributed by atoms with Crippen molar-refractivity contribution >= 4 is 28.5 Å². The van der Waals surface area contributed by atoms with Crippen molar-refractivity contribution in [3.8, 4) is 11.5 Å². The van der Waals surface area contributed by atoms with E-state index in [2.05, 4.69) is 30.3 Å². The highest BCUT2D eigenvalue weighted by Crippen LogP contribution is 2.32. The largest absolute Gasteiger partial charge is 0.382 e. The van der Waals surface area contributed by atoms with E-state index in [0.29, 0.717) is 28.3 Å². The Morgan fingerprint density at radius 1 is 0.818 bits per heavy atom. The Hall–Kier alpha value is -4.73. The number of imidazole rings is 1. The van der Waals surface area contributed by atoms with Crippen LogP contribution < -0.4 is 11.5 Å². The maximum atomic E-state index is 14.2. The van der Waals surface area contributed by atoms with Gasteiger partial charge >= 0.3 is 0 Å². The van der Waals surface area contributed by atoms with Crippen LogP contribution in [0.4, 0.5) is 27.4 Å². The van der Waals surface area contributed by atoms with Gasteiger partial charge in [0.05, 0.1) is 11.2 Å². The summed E-state index contributed by atoms with van der Waals surface area (Å²) in [5.41, 5.74) is 14.7. The lowest BCUT2D eigenvalue weighted by atomic mass is 10.1. The van der Waals surface area contributed by atoms with Crippen LogP contribution in [0.25, 0.3) is 17.0 Å². The zero-order chi connectivity index (χ0) is 22.8. The van der Waals surface area contributed by atoms with Crippen LogP contribution in [-0.2, 0) is 6.42 Å². The van der Waals surface area contributed by atoms with Gasteiger partial charge in [-0.2, -0.15) is 10.2 Å². The van der Waals surface area contributed by atoms with Crippen molar-refractivity contribution in [3.05, 3.63) is 90.1 Å². The normalized spacial score (nSPS) is 11.4. The number of fused-ring (bicyclic) bond motifs is 1. The predicted octanol–water partition coefficient (Wildman–Crippen LogP) is 4.50. The van der Waals surface area contributed by atoms with E-state index in [1.807, 2.05) is 24.3 Å². The quantitative estimate of drug-likeness (QED) is 0.388. The second kappa shape index (κ2) is 8.42. The Kier molecular flexibility index (Phi) is 5.15. The minimum atomic E-state index is -0.315. The molecule has 162 valence electrons. The summed E-state index contributed by atoms with van der Waals surface area (Å²) in [7, 11) is 0. The van der Waals surface area contributed by atoms with Crippen LogP contribution in [0.15, 0.2) is 83.2 Å². The minimum Gasteiger partial charge on any atom is -0.382 e. The lowest BCUT2D eigenvalue weighted by molar-refractivity contribution is 0.611. The van der Waals surface area contributed by atoms with Gasteiger partial charge in [0.1, 0.15) is 17.3 Å². The number of rotatable bonds is 5. The van der Waals surface area contributed by atoms with Crippen LogP contribution in [0, 0.1) is 5.82 Å². The fourth-order valence-corrected chi connectivity index (χ4v) is 3.38. The second-order valence-electron chi connectivity index (χ2n) is 7.17. The Bertz CT molecular complexity index is 1460. The van der Waals surface area contributed by atoms with Crippen molar-refractivity contribution in [1.29, 1.82) is 0 Å². The lowest BCUT2D eigenvalue weighted by Crippen LogP contribution is -2.02. The van der Waals surface area contributed by atoms with Gasteiger partial charge in [0.2, 0.25) is 0 Å². The van der Waals surface area contributed by atoms with Crippen molar-refractivity contribution in [2.75, 3.05) is 11.5 Å². The Morgan fingerprint density at radius 3 is 2.30 bits per heavy atom. The van der Waals surface area contributed by atoms with Crippen molar-refractivity contribution in [3.63, 3.8) is 0 Å². The number of hydrogen-bond acceptors (Lipinski definition) is 8. The van der Waals surface area contributed by atoms with Gasteiger partial charge in [0.25, 0.3) is 0 Å². The molecule has 5 rings (SSSR count). The molecular formula is C23H18FN9. The fraction of sp³-hybridized carbons (Fsp3) is 0.0435. The van der Waals surface area contributed by atoms with E-state index < -0.39 is 0 Å². The van der Waals surface area contributed by atoms with Gasteiger partial charge in [-0.3, -0.25) is 0 Å². The van der Waals surface area contributed by atoms with Crippen LogP contribution in [-0.4, -0.2) is 24.6 Å². The third-order valence-electron chi connectivity index (χ3n) is 4.96. The summed E-state index contributed by atoms with van der Waals surface area (Å²) in [5, 5.41) is 12.6. The third-order valence-corrected chi connectivity index (χ3v) is 4.96. The molecular weight excluding hydrogens is 421 g/mol. The molecule has 9 nitrogen and oxygen atoms in total. The van der Waals surface area contributed by atoms with Crippen LogP contribution in [0.2, 0.25) is 0 Å². The summed E-state index contributed by atoms with van der Waals surface area (Å²) in [6, 6.07) is 19.3. The van der Waals surface area contributed by atoms with E-state index >= 15 is 0 Å². The first-order chi connectivity index (χ1) is 16.1. The van der Waals surface area contributed by atoms with E-state index in [1.165, 1.54) is 6.07 Å². The SMILES string of the molecule is Nc1nc(-c2nc(Cc3ccccc3F)n3ncccc23)nc(N)c1N=Nc1ccccc1. The first-order valence-corrected chi connectivity index (χ1v) is 10.1. The van der Waals surface area contributed by atoms with Gasteiger partial charge in [-0.05, 0) is 35.9 Å². The number of azo groups is 1. The maximum absolute atomic E-state index is 14.2. The van der Waals surface area contributed by atoms with E-state index in [1.54, 1.807) is 47.1 Å². The Balaban J connectivity index is 1.56. The molecule has 0 unspecified atom stereocenters. The highest BCUT2D eigenvalue weighted by molar-refractivity contribution is 5.78. The summed E-state index contributed by atoms with van der Waals surface area (Å²) >= 11 is 0. The zero-order valence-electron chi connectivity index (χ0n) is 17.3. The number of aromatic nitrogens is 5. The molecule has 33 heavy (non-hydrogen) atoms. The number of benzene rings is 2. The summed E-state index contributed by atoms with van der Waals surface area (Å²) in [6.45, 7) is 0. The molecule has 0 radical (unpaired) electrons. The average molecular weight is 439 g/mol. The maximum Gasteiger partial charge on any atom is 0.184 e. The monoisotopic (exact) mass is 439 g/mol. The molecule has 0 bridgehead atoms. The summed E-state index contributed by atoms with van der Waals surface area (Å²) in [6.07, 6.45) is 1.86. The zero-order valence-corrected chi connectivity index (χ0v) is 17.3. The van der Waals surface area contributed by atoms with Gasteiger partial charge in [0.15, 0.2) is 23.1 Å². The Morgan fingerprint density at radius 2 is 1.55 bits per heavy atom. The number of nitrogens with zero attached hydrogens (tertiary/aromatic N) is 7. The fourth-order valence-electron chi connectivity index (χ4n) is 3.38. The minimum absolute atomic E-state index is 0.0675.